The Morgan fingerprint density at radius 3 is 2.47 bits per heavy atom. The number of nitrogens with one attached hydrogen (secondary N) is 1. The molecule has 0 bridgehead atoms. The molecule has 0 radical (unpaired) electrons. The van der Waals surface area contributed by atoms with E-state index in [2.05, 4.69) is 10.4 Å². The molecule has 9 heteroatoms. The third kappa shape index (κ3) is 2.93. The predicted molar refractivity (Wildman–Crippen MR) is 99.0 cm³/mol. The molecule has 1 atom stereocenters. The zero-order valence-corrected chi connectivity index (χ0v) is 16.6. The van der Waals surface area contributed by atoms with Crippen molar-refractivity contribution in [2.24, 2.45) is 7.05 Å². The quantitative estimate of drug-likeness (QED) is 0.718. The number of aryl methyl sites for hydroxylation is 1. The van der Waals surface area contributed by atoms with Crippen molar-refractivity contribution in [3.8, 4) is 0 Å². The Bertz CT molecular complexity index is 999. The molecule has 2 aromatic rings. The van der Waals surface area contributed by atoms with Gasteiger partial charge in [0.25, 0.3) is 0 Å². The van der Waals surface area contributed by atoms with Crippen LogP contribution in [0.25, 0.3) is 0 Å². The fraction of sp³-hybridized carbons (Fsp3) is 0.524. The highest BCUT2D eigenvalue weighted by Crippen LogP contribution is 2.64. The Morgan fingerprint density at radius 1 is 1.27 bits per heavy atom. The van der Waals surface area contributed by atoms with E-state index >= 15 is 0 Å². The molecule has 0 aliphatic heterocycles. The van der Waals surface area contributed by atoms with Gasteiger partial charge in [-0.25, -0.2) is 4.39 Å². The molecule has 1 N–H and O–H groups in total. The molecule has 162 valence electrons. The highest BCUT2D eigenvalue weighted by molar-refractivity contribution is 5.75. The first-order valence-corrected chi connectivity index (χ1v) is 9.83. The van der Waals surface area contributed by atoms with Crippen molar-refractivity contribution in [2.75, 3.05) is 0 Å². The van der Waals surface area contributed by atoms with Crippen LogP contribution in [0.2, 0.25) is 0 Å². The van der Waals surface area contributed by atoms with Crippen molar-refractivity contribution in [1.29, 1.82) is 0 Å². The van der Waals surface area contributed by atoms with Crippen molar-refractivity contribution >= 4 is 5.91 Å². The van der Waals surface area contributed by atoms with E-state index in [0.717, 1.165) is 13.3 Å². The number of hydrogen-bond acceptors (Lipinski definition) is 2. The van der Waals surface area contributed by atoms with Crippen LogP contribution in [0.15, 0.2) is 24.3 Å². The molecule has 2 aliphatic carbocycles. The van der Waals surface area contributed by atoms with E-state index in [4.69, 9.17) is 0 Å². The summed E-state index contributed by atoms with van der Waals surface area (Å²) in [5.41, 5.74) is -1.10. The number of amides is 1. The van der Waals surface area contributed by atoms with E-state index in [9.17, 15) is 26.7 Å². The Morgan fingerprint density at radius 2 is 1.97 bits per heavy atom. The molecule has 30 heavy (non-hydrogen) atoms. The summed E-state index contributed by atoms with van der Waals surface area (Å²) in [7, 11) is 1.42. The van der Waals surface area contributed by atoms with Gasteiger partial charge >= 0.3 is 11.8 Å². The van der Waals surface area contributed by atoms with Crippen molar-refractivity contribution in [2.45, 2.75) is 62.3 Å². The molecule has 0 unspecified atom stereocenters. The fourth-order valence-corrected chi connectivity index (χ4v) is 4.67. The van der Waals surface area contributed by atoms with Gasteiger partial charge in [0.1, 0.15) is 5.82 Å². The van der Waals surface area contributed by atoms with Crippen molar-refractivity contribution in [3.63, 3.8) is 0 Å². The average molecular weight is 427 g/mol. The van der Waals surface area contributed by atoms with Crippen molar-refractivity contribution < 1.29 is 26.7 Å². The maximum atomic E-state index is 14.9. The molecule has 4 nitrogen and oxygen atoms in total. The lowest BCUT2D eigenvalue weighted by Gasteiger charge is -2.54. The predicted octanol–water partition coefficient (Wildman–Crippen LogP) is 4.42. The standard InChI is InChI=1S/C21H22F5N3O/c1-12(30)27-19(11-20(23,24)21(19,25)26)18-17(14-6-4-7-14)16(28-29(18)2)10-13-5-3-8-15(22)9-13/h3,5,8-9,14H,4,6-7,10-11H2,1-2H3,(H,27,30)/t19-/m0/s1. The summed E-state index contributed by atoms with van der Waals surface area (Å²) >= 11 is 0. The maximum absolute atomic E-state index is 14.9. The second-order valence-corrected chi connectivity index (χ2v) is 8.31. The summed E-state index contributed by atoms with van der Waals surface area (Å²) in [5, 5.41) is 6.51. The van der Waals surface area contributed by atoms with Gasteiger partial charge in [-0.3, -0.25) is 9.48 Å². The molecule has 1 aromatic heterocycles. The van der Waals surface area contributed by atoms with Gasteiger partial charge in [-0.15, -0.1) is 0 Å². The van der Waals surface area contributed by atoms with E-state index in [1.165, 1.54) is 29.9 Å². The highest BCUT2D eigenvalue weighted by Gasteiger charge is 2.82. The molecular formula is C21H22F5N3O. The summed E-state index contributed by atoms with van der Waals surface area (Å²) in [6.07, 6.45) is 1.29. The minimum Gasteiger partial charge on any atom is -0.339 e. The summed E-state index contributed by atoms with van der Waals surface area (Å²) in [4.78, 5) is 11.8. The van der Waals surface area contributed by atoms with Gasteiger partial charge in [0, 0.05) is 26.0 Å². The van der Waals surface area contributed by atoms with Gasteiger partial charge in [0.15, 0.2) is 5.54 Å². The zero-order valence-electron chi connectivity index (χ0n) is 16.6. The van der Waals surface area contributed by atoms with Crippen molar-refractivity contribution in [3.05, 3.63) is 52.6 Å². The number of benzene rings is 1. The van der Waals surface area contributed by atoms with Gasteiger partial charge in [0.2, 0.25) is 5.91 Å². The van der Waals surface area contributed by atoms with E-state index in [0.29, 0.717) is 29.7 Å². The Labute approximate surface area is 170 Å². The number of rotatable bonds is 5. The van der Waals surface area contributed by atoms with E-state index in [-0.39, 0.29) is 18.0 Å². The zero-order chi connectivity index (χ0) is 21.9. The molecule has 2 saturated carbocycles. The lowest BCUT2D eigenvalue weighted by Crippen LogP contribution is -2.76. The van der Waals surface area contributed by atoms with Gasteiger partial charge in [-0.2, -0.15) is 22.7 Å². The number of carbonyl (C=O) groups is 1. The molecule has 1 aromatic carbocycles. The average Bonchev–Trinajstić information content (AvgIpc) is 2.88. The summed E-state index contributed by atoms with van der Waals surface area (Å²) in [6.45, 7) is 1.03. The Balaban J connectivity index is 1.86. The molecule has 0 saturated heterocycles. The molecule has 2 fully saturated rings. The molecule has 4 rings (SSSR count). The second-order valence-electron chi connectivity index (χ2n) is 8.31. The maximum Gasteiger partial charge on any atom is 0.338 e. The van der Waals surface area contributed by atoms with Crippen molar-refractivity contribution in [1.82, 2.24) is 15.1 Å². The Hall–Kier alpha value is -2.45. The third-order valence-corrected chi connectivity index (χ3v) is 6.21. The molecule has 1 amide bonds. The first-order chi connectivity index (χ1) is 14.0. The van der Waals surface area contributed by atoms with Crippen LogP contribution in [-0.4, -0.2) is 27.5 Å². The SMILES string of the molecule is CC(=O)N[C@]1(c2c(C3CCC3)c(Cc3cccc(F)c3)nn2C)CC(F)(F)C1(F)F. The fourth-order valence-electron chi connectivity index (χ4n) is 4.67. The first kappa shape index (κ1) is 20.8. The highest BCUT2D eigenvalue weighted by atomic mass is 19.3. The number of hydrogen-bond donors (Lipinski definition) is 1. The number of alkyl halides is 4. The van der Waals surface area contributed by atoms with Gasteiger partial charge in [-0.05, 0) is 36.5 Å². The molecule has 1 heterocycles. The first-order valence-electron chi connectivity index (χ1n) is 9.83. The largest absolute Gasteiger partial charge is 0.339 e. The third-order valence-electron chi connectivity index (χ3n) is 6.21. The van der Waals surface area contributed by atoms with Crippen LogP contribution in [0, 0.1) is 5.82 Å². The summed E-state index contributed by atoms with van der Waals surface area (Å²) < 4.78 is 72.4. The van der Waals surface area contributed by atoms with Crippen LogP contribution in [-0.2, 0) is 23.8 Å². The van der Waals surface area contributed by atoms with Crippen LogP contribution in [0.5, 0.6) is 0 Å². The van der Waals surface area contributed by atoms with Crippen LogP contribution >= 0.6 is 0 Å². The van der Waals surface area contributed by atoms with Crippen LogP contribution < -0.4 is 5.32 Å². The van der Waals surface area contributed by atoms with Crippen LogP contribution in [0.4, 0.5) is 22.0 Å². The smallest absolute Gasteiger partial charge is 0.338 e. The number of aromatic nitrogens is 2. The minimum absolute atomic E-state index is 0.0790. The van der Waals surface area contributed by atoms with Gasteiger partial charge < -0.3 is 5.32 Å². The normalized spacial score (nSPS) is 24.8. The van der Waals surface area contributed by atoms with E-state index < -0.39 is 35.5 Å². The van der Waals surface area contributed by atoms with E-state index in [1.54, 1.807) is 6.07 Å². The summed E-state index contributed by atoms with van der Waals surface area (Å²) in [5.74, 6) is -10.1. The Kier molecular flexibility index (Phi) is 4.70. The summed E-state index contributed by atoms with van der Waals surface area (Å²) in [6, 6.07) is 5.85. The number of nitrogens with zero attached hydrogens (tertiary/aromatic N) is 2. The van der Waals surface area contributed by atoms with Gasteiger partial charge in [0.05, 0.1) is 17.8 Å². The van der Waals surface area contributed by atoms with Crippen LogP contribution in [0.1, 0.15) is 61.0 Å². The molecular weight excluding hydrogens is 405 g/mol. The molecule has 0 spiro atoms. The second kappa shape index (κ2) is 6.78. The number of carbonyl (C=O) groups excluding carboxylic acids is 1. The van der Waals surface area contributed by atoms with E-state index in [1.807, 2.05) is 0 Å². The lowest BCUT2D eigenvalue weighted by atomic mass is 9.63. The number of halogens is 5. The van der Waals surface area contributed by atoms with Crippen LogP contribution in [0.3, 0.4) is 0 Å². The lowest BCUT2D eigenvalue weighted by molar-refractivity contribution is -0.335. The van der Waals surface area contributed by atoms with Gasteiger partial charge in [-0.1, -0.05) is 18.6 Å². The minimum atomic E-state index is -4.46. The molecule has 2 aliphatic rings. The topological polar surface area (TPSA) is 46.9 Å². The monoisotopic (exact) mass is 427 g/mol.